The van der Waals surface area contributed by atoms with E-state index in [1.54, 1.807) is 12.1 Å². The van der Waals surface area contributed by atoms with E-state index in [1.807, 2.05) is 45.2 Å². The lowest BCUT2D eigenvalue weighted by atomic mass is 10.1. The Bertz CT molecular complexity index is 820. The molecule has 2 aromatic rings. The fourth-order valence-corrected chi connectivity index (χ4v) is 4.12. The highest BCUT2D eigenvalue weighted by Gasteiger charge is 2.18. The molecule has 0 bridgehead atoms. The number of hydrogen-bond acceptors (Lipinski definition) is 6. The molecule has 0 aliphatic heterocycles. The molecule has 0 aliphatic carbocycles. The van der Waals surface area contributed by atoms with Gasteiger partial charge in [-0.3, -0.25) is 14.9 Å². The van der Waals surface area contributed by atoms with Crippen molar-refractivity contribution in [1.82, 2.24) is 0 Å². The van der Waals surface area contributed by atoms with E-state index in [4.69, 9.17) is 15.6 Å². The van der Waals surface area contributed by atoms with Gasteiger partial charge in [-0.2, -0.15) is 0 Å². The van der Waals surface area contributed by atoms with E-state index in [0.29, 0.717) is 12.9 Å². The zero-order chi connectivity index (χ0) is 18.7. The predicted molar refractivity (Wildman–Crippen MR) is 106 cm³/mol. The number of nitrogens with zero attached hydrogens (tertiary/aromatic N) is 1. The van der Waals surface area contributed by atoms with Crippen LogP contribution in [0, 0.1) is 17.3 Å². The maximum Gasteiger partial charge on any atom is 0.320 e. The number of aromatic hydroxyl groups is 1. The second-order valence-electron chi connectivity index (χ2n) is 5.05. The van der Waals surface area contributed by atoms with Crippen molar-refractivity contribution in [2.75, 3.05) is 0 Å². The zero-order valence-electron chi connectivity index (χ0n) is 12.5. The van der Waals surface area contributed by atoms with E-state index < -0.39 is 28.4 Å². The number of nitrogens with two attached hydrogens (primary N) is 1. The summed E-state index contributed by atoms with van der Waals surface area (Å²) in [4.78, 5) is 21.1. The van der Waals surface area contributed by atoms with E-state index in [2.05, 4.69) is 0 Å². The van der Waals surface area contributed by atoms with Crippen LogP contribution in [0.4, 0.5) is 5.69 Å². The first-order chi connectivity index (χ1) is 11.7. The number of nitro groups is 1. The summed E-state index contributed by atoms with van der Waals surface area (Å²) < 4.78 is 7.12. The van der Waals surface area contributed by atoms with Crippen molar-refractivity contribution >= 4 is 56.8 Å². The Labute approximate surface area is 169 Å². The standard InChI is InChI=1S/C15H12I2N2O6/c16-9-3-7(5-11(18)15(21)22)4-10(17)14(9)25-8-1-2-13(20)12(6-8)19(23)24/h1-4,6,11,20H,5,18H2,(H,21,22). The minimum Gasteiger partial charge on any atom is -0.502 e. The second kappa shape index (κ2) is 8.14. The minimum absolute atomic E-state index is 0.173. The number of ether oxygens (including phenoxy) is 1. The van der Waals surface area contributed by atoms with Gasteiger partial charge in [0.05, 0.1) is 18.1 Å². The molecule has 0 amide bonds. The average Bonchev–Trinajstić information content (AvgIpc) is 2.52. The van der Waals surface area contributed by atoms with Gasteiger partial charge in [0.1, 0.15) is 11.8 Å². The van der Waals surface area contributed by atoms with Crippen LogP contribution in [-0.4, -0.2) is 27.1 Å². The molecule has 10 heteroatoms. The molecule has 2 rings (SSSR count). The van der Waals surface area contributed by atoms with Crippen LogP contribution in [0.3, 0.4) is 0 Å². The number of phenolic OH excluding ortho intramolecular Hbond substituents is 1. The van der Waals surface area contributed by atoms with Gasteiger partial charge in [0.25, 0.3) is 0 Å². The Balaban J connectivity index is 2.30. The number of phenols is 1. The molecule has 4 N–H and O–H groups in total. The van der Waals surface area contributed by atoms with Crippen molar-refractivity contribution in [3.8, 4) is 17.2 Å². The number of halogens is 2. The molecule has 0 saturated carbocycles. The average molecular weight is 570 g/mol. The van der Waals surface area contributed by atoms with Gasteiger partial charge in [0.2, 0.25) is 0 Å². The number of rotatable bonds is 6. The first-order valence-electron chi connectivity index (χ1n) is 6.80. The Kier molecular flexibility index (Phi) is 6.40. The highest BCUT2D eigenvalue weighted by Crippen LogP contribution is 2.36. The van der Waals surface area contributed by atoms with E-state index in [0.717, 1.165) is 11.6 Å². The third-order valence-corrected chi connectivity index (χ3v) is 4.80. The SMILES string of the molecule is NC(Cc1cc(I)c(Oc2ccc(O)c([N+](=O)[O-])c2)c(I)c1)C(=O)O. The molecule has 0 fully saturated rings. The lowest BCUT2D eigenvalue weighted by Crippen LogP contribution is -2.32. The van der Waals surface area contributed by atoms with Crippen molar-refractivity contribution < 1.29 is 24.7 Å². The topological polar surface area (TPSA) is 136 Å². The molecule has 132 valence electrons. The number of hydrogen-bond donors (Lipinski definition) is 3. The smallest absolute Gasteiger partial charge is 0.320 e. The van der Waals surface area contributed by atoms with Crippen LogP contribution in [0.15, 0.2) is 30.3 Å². The molecule has 0 aromatic heterocycles. The first-order valence-corrected chi connectivity index (χ1v) is 8.96. The molecule has 2 aromatic carbocycles. The molecule has 1 atom stereocenters. The number of nitro benzene ring substituents is 1. The largest absolute Gasteiger partial charge is 0.502 e. The minimum atomic E-state index is -1.08. The molecule has 0 radical (unpaired) electrons. The van der Waals surface area contributed by atoms with Gasteiger partial charge in [-0.25, -0.2) is 0 Å². The van der Waals surface area contributed by atoms with Gasteiger partial charge in [-0.1, -0.05) is 0 Å². The van der Waals surface area contributed by atoms with Gasteiger partial charge < -0.3 is 20.7 Å². The zero-order valence-corrected chi connectivity index (χ0v) is 16.8. The highest BCUT2D eigenvalue weighted by molar-refractivity contribution is 14.1. The first kappa shape index (κ1) is 19.7. The number of carboxylic acids is 1. The lowest BCUT2D eigenvalue weighted by Gasteiger charge is -2.13. The van der Waals surface area contributed by atoms with Crippen LogP contribution in [0.2, 0.25) is 0 Å². The summed E-state index contributed by atoms with van der Waals surface area (Å²) in [6.45, 7) is 0. The summed E-state index contributed by atoms with van der Waals surface area (Å²) in [5.41, 5.74) is 5.84. The van der Waals surface area contributed by atoms with Crippen LogP contribution in [0.25, 0.3) is 0 Å². The van der Waals surface area contributed by atoms with Gasteiger partial charge in [-0.15, -0.1) is 0 Å². The van der Waals surface area contributed by atoms with Crippen molar-refractivity contribution in [2.45, 2.75) is 12.5 Å². The quantitative estimate of drug-likeness (QED) is 0.276. The number of carbonyl (C=O) groups is 1. The lowest BCUT2D eigenvalue weighted by molar-refractivity contribution is -0.385. The van der Waals surface area contributed by atoms with Crippen LogP contribution in [0.5, 0.6) is 17.2 Å². The maximum absolute atomic E-state index is 10.9. The fraction of sp³-hybridized carbons (Fsp3) is 0.133. The summed E-state index contributed by atoms with van der Waals surface area (Å²) in [5, 5.41) is 29.3. The Hall–Kier alpha value is -1.67. The normalized spacial score (nSPS) is 11.8. The van der Waals surface area contributed by atoms with Crippen LogP contribution in [0.1, 0.15) is 5.56 Å². The van der Waals surface area contributed by atoms with Crippen molar-refractivity contribution in [1.29, 1.82) is 0 Å². The van der Waals surface area contributed by atoms with E-state index >= 15 is 0 Å². The summed E-state index contributed by atoms with van der Waals surface area (Å²) in [6, 6.07) is 6.23. The molecule has 0 aliphatic rings. The van der Waals surface area contributed by atoms with Crippen LogP contribution < -0.4 is 10.5 Å². The molecule has 8 nitrogen and oxygen atoms in total. The van der Waals surface area contributed by atoms with Crippen molar-refractivity contribution in [3.63, 3.8) is 0 Å². The third-order valence-electron chi connectivity index (χ3n) is 3.19. The van der Waals surface area contributed by atoms with Gasteiger partial charge >= 0.3 is 11.7 Å². The molecular weight excluding hydrogens is 558 g/mol. The van der Waals surface area contributed by atoms with Gasteiger partial charge in [0.15, 0.2) is 11.5 Å². The van der Waals surface area contributed by atoms with Crippen molar-refractivity contribution in [2.24, 2.45) is 5.73 Å². The summed E-state index contributed by atoms with van der Waals surface area (Å²) >= 11 is 4.06. The van der Waals surface area contributed by atoms with Crippen LogP contribution in [-0.2, 0) is 11.2 Å². The molecule has 25 heavy (non-hydrogen) atoms. The van der Waals surface area contributed by atoms with Gasteiger partial charge in [0, 0.05) is 0 Å². The van der Waals surface area contributed by atoms with Gasteiger partial charge in [-0.05, 0) is 81.4 Å². The molecule has 0 heterocycles. The number of benzene rings is 2. The summed E-state index contributed by atoms with van der Waals surface area (Å²) in [5.74, 6) is -0.842. The summed E-state index contributed by atoms with van der Waals surface area (Å²) in [7, 11) is 0. The van der Waals surface area contributed by atoms with E-state index in [1.165, 1.54) is 12.1 Å². The fourth-order valence-electron chi connectivity index (χ4n) is 2.00. The van der Waals surface area contributed by atoms with Crippen molar-refractivity contribution in [3.05, 3.63) is 53.1 Å². The second-order valence-corrected chi connectivity index (χ2v) is 7.37. The summed E-state index contributed by atoms with van der Waals surface area (Å²) in [6.07, 6.45) is 0.173. The predicted octanol–water partition coefficient (Wildman–Crippen LogP) is 3.26. The van der Waals surface area contributed by atoms with E-state index in [-0.39, 0.29) is 12.2 Å². The molecular formula is C15H12I2N2O6. The third kappa shape index (κ3) is 4.92. The highest BCUT2D eigenvalue weighted by atomic mass is 127. The molecule has 0 saturated heterocycles. The molecule has 0 spiro atoms. The Morgan fingerprint density at radius 1 is 1.28 bits per heavy atom. The van der Waals surface area contributed by atoms with E-state index in [9.17, 15) is 20.0 Å². The number of aliphatic carboxylic acids is 1. The Morgan fingerprint density at radius 2 is 1.88 bits per heavy atom. The molecule has 1 unspecified atom stereocenters. The van der Waals surface area contributed by atoms with Crippen LogP contribution >= 0.6 is 45.2 Å². The number of carboxylic acid groups (broad SMARTS) is 1. The monoisotopic (exact) mass is 570 g/mol. The maximum atomic E-state index is 10.9. The Morgan fingerprint density at radius 3 is 2.40 bits per heavy atom.